The number of hydrogen-bond acceptors (Lipinski definition) is 3. The molecule has 1 unspecified atom stereocenters. The molecule has 0 spiro atoms. The molecule has 76 valence electrons. The molecule has 2 aliphatic heterocycles. The van der Waals surface area contributed by atoms with E-state index >= 15 is 0 Å². The molecule has 13 heavy (non-hydrogen) atoms. The first kappa shape index (κ1) is 9.44. The molecule has 3 heteroatoms. The normalized spacial score (nSPS) is 30.7. The molecule has 0 aromatic rings. The Morgan fingerprint density at radius 2 is 1.77 bits per heavy atom. The fourth-order valence-corrected chi connectivity index (χ4v) is 1.97. The van der Waals surface area contributed by atoms with E-state index in [0.717, 1.165) is 6.61 Å². The van der Waals surface area contributed by atoms with Gasteiger partial charge in [-0.3, -0.25) is 4.90 Å². The van der Waals surface area contributed by atoms with Gasteiger partial charge < -0.3 is 9.64 Å². The fourth-order valence-electron chi connectivity index (χ4n) is 1.97. The first-order chi connectivity index (χ1) is 6.38. The van der Waals surface area contributed by atoms with Crippen molar-refractivity contribution in [2.24, 2.45) is 0 Å². The van der Waals surface area contributed by atoms with Crippen LogP contribution in [0.4, 0.5) is 0 Å². The maximum atomic E-state index is 5.23. The summed E-state index contributed by atoms with van der Waals surface area (Å²) in [6.07, 6.45) is 1.85. The lowest BCUT2D eigenvalue weighted by molar-refractivity contribution is 0.125. The summed E-state index contributed by atoms with van der Waals surface area (Å²) in [6.45, 7) is 10.7. The standard InChI is InChI=1S/C10H20N2O/c1-2-3-11-4-6-12(7-5-11)8-10-9-13-10/h10H,2-9H2,1H3. The predicted molar refractivity (Wildman–Crippen MR) is 52.9 cm³/mol. The summed E-state index contributed by atoms with van der Waals surface area (Å²) in [5.74, 6) is 0. The zero-order valence-corrected chi connectivity index (χ0v) is 8.54. The van der Waals surface area contributed by atoms with Gasteiger partial charge in [0.15, 0.2) is 0 Å². The van der Waals surface area contributed by atoms with E-state index in [4.69, 9.17) is 4.74 Å². The Morgan fingerprint density at radius 1 is 1.15 bits per heavy atom. The van der Waals surface area contributed by atoms with Crippen molar-refractivity contribution in [3.8, 4) is 0 Å². The molecule has 0 N–H and O–H groups in total. The molecule has 0 aromatic carbocycles. The van der Waals surface area contributed by atoms with Gasteiger partial charge in [0, 0.05) is 32.7 Å². The number of epoxide rings is 1. The summed E-state index contributed by atoms with van der Waals surface area (Å²) < 4.78 is 5.23. The van der Waals surface area contributed by atoms with E-state index in [1.807, 2.05) is 0 Å². The number of nitrogens with zero attached hydrogens (tertiary/aromatic N) is 2. The lowest BCUT2D eigenvalue weighted by atomic mass is 10.3. The highest BCUT2D eigenvalue weighted by atomic mass is 16.6. The van der Waals surface area contributed by atoms with Crippen molar-refractivity contribution in [3.63, 3.8) is 0 Å². The second-order valence-electron chi connectivity index (χ2n) is 4.10. The molecule has 2 aliphatic rings. The number of piperazine rings is 1. The van der Waals surface area contributed by atoms with Crippen LogP contribution in [-0.2, 0) is 4.74 Å². The summed E-state index contributed by atoms with van der Waals surface area (Å²) in [6, 6.07) is 0. The van der Waals surface area contributed by atoms with E-state index in [1.54, 1.807) is 0 Å². The van der Waals surface area contributed by atoms with E-state index < -0.39 is 0 Å². The van der Waals surface area contributed by atoms with Crippen LogP contribution < -0.4 is 0 Å². The van der Waals surface area contributed by atoms with E-state index in [1.165, 1.54) is 45.7 Å². The number of rotatable bonds is 4. The fraction of sp³-hybridized carbons (Fsp3) is 1.00. The van der Waals surface area contributed by atoms with Crippen molar-refractivity contribution in [3.05, 3.63) is 0 Å². The average Bonchev–Trinajstić information content (AvgIpc) is 2.93. The summed E-state index contributed by atoms with van der Waals surface area (Å²) in [7, 11) is 0. The molecule has 2 saturated heterocycles. The summed E-state index contributed by atoms with van der Waals surface area (Å²) >= 11 is 0. The second kappa shape index (κ2) is 4.40. The van der Waals surface area contributed by atoms with Gasteiger partial charge >= 0.3 is 0 Å². The predicted octanol–water partition coefficient (Wildman–Crippen LogP) is 0.413. The Morgan fingerprint density at radius 3 is 2.31 bits per heavy atom. The third-order valence-corrected chi connectivity index (χ3v) is 2.87. The van der Waals surface area contributed by atoms with Crippen molar-refractivity contribution < 1.29 is 4.74 Å². The maximum Gasteiger partial charge on any atom is 0.0936 e. The SMILES string of the molecule is CCCN1CCN(CC2CO2)CC1. The minimum absolute atomic E-state index is 0.567. The molecule has 0 aliphatic carbocycles. The maximum absolute atomic E-state index is 5.23. The third-order valence-electron chi connectivity index (χ3n) is 2.87. The third kappa shape index (κ3) is 2.93. The van der Waals surface area contributed by atoms with Crippen LogP contribution in [0.1, 0.15) is 13.3 Å². The first-order valence-corrected chi connectivity index (χ1v) is 5.45. The van der Waals surface area contributed by atoms with Crippen molar-refractivity contribution in [2.45, 2.75) is 19.4 Å². The van der Waals surface area contributed by atoms with E-state index in [0.29, 0.717) is 6.10 Å². The molecule has 2 heterocycles. The van der Waals surface area contributed by atoms with Crippen LogP contribution in [0.5, 0.6) is 0 Å². The highest BCUT2D eigenvalue weighted by molar-refractivity contribution is 4.78. The smallest absolute Gasteiger partial charge is 0.0936 e. The van der Waals surface area contributed by atoms with Crippen LogP contribution in [0.25, 0.3) is 0 Å². The van der Waals surface area contributed by atoms with Crippen LogP contribution in [0.15, 0.2) is 0 Å². The zero-order chi connectivity index (χ0) is 9.10. The van der Waals surface area contributed by atoms with E-state index in [9.17, 15) is 0 Å². The highest BCUT2D eigenvalue weighted by Crippen LogP contribution is 2.12. The van der Waals surface area contributed by atoms with Crippen molar-refractivity contribution in [1.29, 1.82) is 0 Å². The highest BCUT2D eigenvalue weighted by Gasteiger charge is 2.26. The summed E-state index contributed by atoms with van der Waals surface area (Å²) in [5, 5.41) is 0. The minimum Gasteiger partial charge on any atom is -0.372 e. The largest absolute Gasteiger partial charge is 0.372 e. The molecule has 0 amide bonds. The molecule has 0 aromatic heterocycles. The van der Waals surface area contributed by atoms with Crippen molar-refractivity contribution >= 4 is 0 Å². The van der Waals surface area contributed by atoms with E-state index in [-0.39, 0.29) is 0 Å². The van der Waals surface area contributed by atoms with Gasteiger partial charge in [-0.05, 0) is 13.0 Å². The Hall–Kier alpha value is -0.120. The molecule has 0 bridgehead atoms. The molecule has 1 atom stereocenters. The number of hydrogen-bond donors (Lipinski definition) is 0. The Kier molecular flexibility index (Phi) is 3.19. The summed E-state index contributed by atoms with van der Waals surface area (Å²) in [4.78, 5) is 5.09. The van der Waals surface area contributed by atoms with Gasteiger partial charge in [-0.1, -0.05) is 6.92 Å². The Balaban J connectivity index is 1.63. The number of ether oxygens (including phenoxy) is 1. The van der Waals surface area contributed by atoms with Gasteiger partial charge in [0.2, 0.25) is 0 Å². The lowest BCUT2D eigenvalue weighted by Crippen LogP contribution is -2.47. The monoisotopic (exact) mass is 184 g/mol. The van der Waals surface area contributed by atoms with Crippen LogP contribution in [-0.4, -0.2) is 61.8 Å². The van der Waals surface area contributed by atoms with Crippen molar-refractivity contribution in [1.82, 2.24) is 9.80 Å². The molecule has 2 fully saturated rings. The topological polar surface area (TPSA) is 19.0 Å². The van der Waals surface area contributed by atoms with Crippen molar-refractivity contribution in [2.75, 3.05) is 45.9 Å². The van der Waals surface area contributed by atoms with Gasteiger partial charge in [-0.25, -0.2) is 0 Å². The molecular weight excluding hydrogens is 164 g/mol. The lowest BCUT2D eigenvalue weighted by Gasteiger charge is -2.34. The molecule has 3 nitrogen and oxygen atoms in total. The van der Waals surface area contributed by atoms with Crippen LogP contribution in [0.3, 0.4) is 0 Å². The van der Waals surface area contributed by atoms with E-state index in [2.05, 4.69) is 16.7 Å². The van der Waals surface area contributed by atoms with Gasteiger partial charge in [0.1, 0.15) is 0 Å². The Labute approximate surface area is 80.6 Å². The first-order valence-electron chi connectivity index (χ1n) is 5.45. The Bertz CT molecular complexity index is 151. The van der Waals surface area contributed by atoms with Crippen LogP contribution in [0.2, 0.25) is 0 Å². The van der Waals surface area contributed by atoms with Gasteiger partial charge in [-0.15, -0.1) is 0 Å². The molecule has 0 radical (unpaired) electrons. The molecule has 0 saturated carbocycles. The zero-order valence-electron chi connectivity index (χ0n) is 8.54. The minimum atomic E-state index is 0.567. The molecular formula is C10H20N2O. The van der Waals surface area contributed by atoms with Crippen LogP contribution in [0, 0.1) is 0 Å². The van der Waals surface area contributed by atoms with Crippen LogP contribution >= 0.6 is 0 Å². The van der Waals surface area contributed by atoms with Gasteiger partial charge in [0.25, 0.3) is 0 Å². The summed E-state index contributed by atoms with van der Waals surface area (Å²) in [5.41, 5.74) is 0. The molecule has 2 rings (SSSR count). The quantitative estimate of drug-likeness (QED) is 0.590. The van der Waals surface area contributed by atoms with Gasteiger partial charge in [0.05, 0.1) is 12.7 Å². The second-order valence-corrected chi connectivity index (χ2v) is 4.10. The average molecular weight is 184 g/mol. The van der Waals surface area contributed by atoms with Gasteiger partial charge in [-0.2, -0.15) is 0 Å².